The number of sulfonamides is 1. The first-order valence-electron chi connectivity index (χ1n) is 11.4. The molecule has 0 aliphatic heterocycles. The molecule has 35 heavy (non-hydrogen) atoms. The summed E-state index contributed by atoms with van der Waals surface area (Å²) in [5, 5.41) is 0. The lowest BCUT2D eigenvalue weighted by atomic mass is 10.1. The smallest absolute Gasteiger partial charge is 0.271 e. The van der Waals surface area contributed by atoms with E-state index in [9.17, 15) is 13.2 Å². The number of hydrogen-bond acceptors (Lipinski definition) is 5. The van der Waals surface area contributed by atoms with E-state index in [1.54, 1.807) is 73.8 Å². The molecule has 3 rings (SSSR count). The maximum absolute atomic E-state index is 13.4. The molecule has 3 aromatic carbocycles. The Balaban J connectivity index is 1.89. The highest BCUT2D eigenvalue weighted by Crippen LogP contribution is 2.29. The van der Waals surface area contributed by atoms with Gasteiger partial charge in [-0.3, -0.25) is 4.79 Å². The Labute approximate surface area is 207 Å². The first kappa shape index (κ1) is 26.0. The predicted molar refractivity (Wildman–Crippen MR) is 139 cm³/mol. The molecule has 7 heteroatoms. The van der Waals surface area contributed by atoms with Crippen LogP contribution in [0.2, 0.25) is 0 Å². The second-order valence-electron chi connectivity index (χ2n) is 8.53. The topological polar surface area (TPSA) is 72.9 Å². The maximum atomic E-state index is 13.4. The lowest BCUT2D eigenvalue weighted by Crippen LogP contribution is -2.35. The number of rotatable bonds is 10. The zero-order valence-corrected chi connectivity index (χ0v) is 21.3. The Hall–Kier alpha value is -3.58. The number of para-hydroxylation sites is 1. The molecule has 3 aromatic rings. The second kappa shape index (κ2) is 11.7. The Morgan fingerprint density at radius 2 is 1.66 bits per heavy atom. The fraction of sp³-hybridized carbons (Fsp3) is 0.250. The molecule has 6 nitrogen and oxygen atoms in total. The Morgan fingerprint density at radius 1 is 0.971 bits per heavy atom. The molecule has 0 saturated carbocycles. The van der Waals surface area contributed by atoms with Crippen molar-refractivity contribution in [1.82, 2.24) is 0 Å². The van der Waals surface area contributed by atoms with Gasteiger partial charge in [-0.25, -0.2) is 8.42 Å². The number of methoxy groups -OCH3 is 1. The molecular formula is C28H31NO5S. The van der Waals surface area contributed by atoms with Crippen LogP contribution in [0.3, 0.4) is 0 Å². The largest absolute Gasteiger partial charge is 0.493 e. The van der Waals surface area contributed by atoms with Gasteiger partial charge in [0.25, 0.3) is 15.9 Å². The second-order valence-corrected chi connectivity index (χ2v) is 10.3. The van der Waals surface area contributed by atoms with Gasteiger partial charge in [-0.2, -0.15) is 4.31 Å². The van der Waals surface area contributed by atoms with Crippen molar-refractivity contribution in [3.63, 3.8) is 0 Å². The summed E-state index contributed by atoms with van der Waals surface area (Å²) in [4.78, 5) is 13.3. The number of aryl methyl sites for hydroxylation is 1. The molecule has 1 amide bonds. The zero-order chi connectivity index (χ0) is 25.4. The van der Waals surface area contributed by atoms with Crippen LogP contribution in [0.25, 0.3) is 6.08 Å². The highest BCUT2D eigenvalue weighted by Gasteiger charge is 2.29. The van der Waals surface area contributed by atoms with E-state index >= 15 is 0 Å². The van der Waals surface area contributed by atoms with Crippen LogP contribution >= 0.6 is 0 Å². The van der Waals surface area contributed by atoms with Crippen LogP contribution in [-0.2, 0) is 14.8 Å². The number of amides is 1. The van der Waals surface area contributed by atoms with Crippen molar-refractivity contribution >= 4 is 27.7 Å². The standard InChI is InChI=1S/C28H31NO5S/c1-21(2)18-19-34-26-16-12-23(20-27(26)33-4)13-17-28(30)29(24-8-6-5-7-9-24)35(31,32)25-14-10-22(3)11-15-25/h5-17,20-21H,18-19H2,1-4H3/b17-13+. The van der Waals surface area contributed by atoms with E-state index in [2.05, 4.69) is 13.8 Å². The molecule has 0 aliphatic rings. The highest BCUT2D eigenvalue weighted by atomic mass is 32.2. The van der Waals surface area contributed by atoms with E-state index in [1.165, 1.54) is 18.2 Å². The quantitative estimate of drug-likeness (QED) is 0.331. The van der Waals surface area contributed by atoms with Gasteiger partial charge in [0.2, 0.25) is 0 Å². The van der Waals surface area contributed by atoms with Crippen LogP contribution in [0.5, 0.6) is 11.5 Å². The van der Waals surface area contributed by atoms with Crippen molar-refractivity contribution in [1.29, 1.82) is 0 Å². The Morgan fingerprint density at radius 3 is 2.29 bits per heavy atom. The molecule has 0 unspecified atom stereocenters. The molecule has 184 valence electrons. The SMILES string of the molecule is COc1cc(/C=C/C(=O)N(c2ccccc2)S(=O)(=O)c2ccc(C)cc2)ccc1OCCC(C)C. The van der Waals surface area contributed by atoms with Crippen LogP contribution < -0.4 is 13.8 Å². The van der Waals surface area contributed by atoms with Crippen LogP contribution in [0.1, 0.15) is 31.4 Å². The van der Waals surface area contributed by atoms with E-state index < -0.39 is 15.9 Å². The number of carbonyl (C=O) groups is 1. The third-order valence-corrected chi connectivity index (χ3v) is 7.05. The van der Waals surface area contributed by atoms with Gasteiger partial charge < -0.3 is 9.47 Å². The summed E-state index contributed by atoms with van der Waals surface area (Å²) >= 11 is 0. The van der Waals surface area contributed by atoms with Gasteiger partial charge in [-0.15, -0.1) is 0 Å². The minimum absolute atomic E-state index is 0.0401. The van der Waals surface area contributed by atoms with Gasteiger partial charge >= 0.3 is 0 Å². The molecule has 0 heterocycles. The first-order valence-corrected chi connectivity index (χ1v) is 12.9. The van der Waals surface area contributed by atoms with Crippen LogP contribution in [0.4, 0.5) is 5.69 Å². The highest BCUT2D eigenvalue weighted by molar-refractivity contribution is 7.93. The first-order chi connectivity index (χ1) is 16.7. The van der Waals surface area contributed by atoms with Gasteiger partial charge in [-0.1, -0.05) is 55.8 Å². The summed E-state index contributed by atoms with van der Waals surface area (Å²) in [5.41, 5.74) is 1.85. The van der Waals surface area contributed by atoms with Crippen molar-refractivity contribution in [2.45, 2.75) is 32.1 Å². The summed E-state index contributed by atoms with van der Waals surface area (Å²) in [6.07, 6.45) is 3.72. The van der Waals surface area contributed by atoms with Crippen molar-refractivity contribution in [3.8, 4) is 11.5 Å². The van der Waals surface area contributed by atoms with Crippen LogP contribution in [0.15, 0.2) is 83.8 Å². The fourth-order valence-corrected chi connectivity index (χ4v) is 4.70. The third kappa shape index (κ3) is 6.73. The fourth-order valence-electron chi connectivity index (χ4n) is 3.31. The van der Waals surface area contributed by atoms with E-state index in [-0.39, 0.29) is 10.6 Å². The van der Waals surface area contributed by atoms with Gasteiger partial charge in [-0.05, 0) is 67.3 Å². The van der Waals surface area contributed by atoms with E-state index in [0.29, 0.717) is 29.6 Å². The number of anilines is 1. The summed E-state index contributed by atoms with van der Waals surface area (Å²) in [7, 11) is -2.57. The minimum Gasteiger partial charge on any atom is -0.493 e. The molecule has 0 radical (unpaired) electrons. The number of carbonyl (C=O) groups excluding carboxylic acids is 1. The summed E-state index contributed by atoms with van der Waals surface area (Å²) in [6.45, 7) is 6.70. The molecular weight excluding hydrogens is 462 g/mol. The number of benzene rings is 3. The van der Waals surface area contributed by atoms with E-state index in [0.717, 1.165) is 16.3 Å². The van der Waals surface area contributed by atoms with Gasteiger partial charge in [0.1, 0.15) is 0 Å². The normalized spacial score (nSPS) is 11.6. The molecule has 0 N–H and O–H groups in total. The molecule has 0 bridgehead atoms. The van der Waals surface area contributed by atoms with E-state index in [4.69, 9.17) is 9.47 Å². The summed E-state index contributed by atoms with van der Waals surface area (Å²) < 4.78 is 38.9. The van der Waals surface area contributed by atoms with Crippen molar-refractivity contribution < 1.29 is 22.7 Å². The van der Waals surface area contributed by atoms with Crippen LogP contribution in [-0.4, -0.2) is 28.0 Å². The van der Waals surface area contributed by atoms with Gasteiger partial charge in [0.05, 0.1) is 24.3 Å². The Kier molecular flexibility index (Phi) is 8.71. The summed E-state index contributed by atoms with van der Waals surface area (Å²) in [5.74, 6) is 0.992. The molecule has 0 atom stereocenters. The molecule has 0 aliphatic carbocycles. The van der Waals surface area contributed by atoms with Crippen molar-refractivity contribution in [2.75, 3.05) is 18.0 Å². The minimum atomic E-state index is -4.12. The van der Waals surface area contributed by atoms with Crippen LogP contribution in [0, 0.1) is 12.8 Å². The molecule has 0 fully saturated rings. The molecule has 0 aromatic heterocycles. The third-order valence-electron chi connectivity index (χ3n) is 5.31. The van der Waals surface area contributed by atoms with Gasteiger partial charge in [0.15, 0.2) is 11.5 Å². The Bertz CT molecular complexity index is 1270. The molecule has 0 spiro atoms. The maximum Gasteiger partial charge on any atom is 0.271 e. The average molecular weight is 494 g/mol. The lowest BCUT2D eigenvalue weighted by molar-refractivity contribution is -0.113. The zero-order valence-electron chi connectivity index (χ0n) is 20.5. The number of hydrogen-bond donors (Lipinski definition) is 0. The number of nitrogens with zero attached hydrogens (tertiary/aromatic N) is 1. The summed E-state index contributed by atoms with van der Waals surface area (Å²) in [6, 6.07) is 20.0. The van der Waals surface area contributed by atoms with Crippen molar-refractivity contribution in [3.05, 3.63) is 90.0 Å². The van der Waals surface area contributed by atoms with Crippen molar-refractivity contribution in [2.24, 2.45) is 5.92 Å². The average Bonchev–Trinajstić information content (AvgIpc) is 2.84. The monoisotopic (exact) mass is 493 g/mol. The number of ether oxygens (including phenoxy) is 2. The molecule has 0 saturated heterocycles. The predicted octanol–water partition coefficient (Wildman–Crippen LogP) is 5.86. The van der Waals surface area contributed by atoms with E-state index in [1.807, 2.05) is 6.92 Å². The lowest BCUT2D eigenvalue weighted by Gasteiger charge is -2.21. The van der Waals surface area contributed by atoms with Gasteiger partial charge in [0, 0.05) is 6.08 Å².